The van der Waals surface area contributed by atoms with Gasteiger partial charge in [-0.2, -0.15) is 0 Å². The molecule has 7 nitrogen and oxygen atoms in total. The van der Waals surface area contributed by atoms with E-state index in [0.717, 1.165) is 12.8 Å². The van der Waals surface area contributed by atoms with E-state index in [1.807, 2.05) is 0 Å². The van der Waals surface area contributed by atoms with Crippen molar-refractivity contribution in [3.63, 3.8) is 0 Å². The molecule has 1 saturated carbocycles. The predicted octanol–water partition coefficient (Wildman–Crippen LogP) is 0.448. The van der Waals surface area contributed by atoms with Gasteiger partial charge in [0.2, 0.25) is 0 Å². The van der Waals surface area contributed by atoms with E-state index >= 15 is 0 Å². The molecule has 0 N–H and O–H groups in total. The molecule has 3 unspecified atom stereocenters. The summed E-state index contributed by atoms with van der Waals surface area (Å²) in [6.07, 6.45) is 1.61. The fourth-order valence-electron chi connectivity index (χ4n) is 3.04. The molecule has 108 valence electrons. The average Bonchev–Trinajstić information content (AvgIpc) is 2.38. The Labute approximate surface area is 112 Å². The molecule has 0 aromatic heterocycles. The van der Waals surface area contributed by atoms with Crippen molar-refractivity contribution in [3.8, 4) is 0 Å². The van der Waals surface area contributed by atoms with E-state index in [0.29, 0.717) is 32.7 Å². The van der Waals surface area contributed by atoms with Crippen LogP contribution in [-0.4, -0.2) is 60.3 Å². The summed E-state index contributed by atoms with van der Waals surface area (Å²) in [5.41, 5.74) is 0. The van der Waals surface area contributed by atoms with E-state index in [-0.39, 0.29) is 11.0 Å². The highest BCUT2D eigenvalue weighted by atomic mass is 16.6. The first-order valence-electron chi connectivity index (χ1n) is 6.72. The quantitative estimate of drug-likeness (QED) is 0.421. The minimum Gasteiger partial charge on any atom is -0.455 e. The Hall–Kier alpha value is -1.21. The minimum absolute atomic E-state index is 0.156. The van der Waals surface area contributed by atoms with Gasteiger partial charge >= 0.3 is 5.97 Å². The summed E-state index contributed by atoms with van der Waals surface area (Å²) >= 11 is 0. The Kier molecular flexibility index (Phi) is 4.71. The van der Waals surface area contributed by atoms with Gasteiger partial charge in [-0.05, 0) is 19.3 Å². The molecule has 0 bridgehead atoms. The van der Waals surface area contributed by atoms with Gasteiger partial charge < -0.3 is 9.47 Å². The third-order valence-corrected chi connectivity index (χ3v) is 3.84. The van der Waals surface area contributed by atoms with E-state index in [4.69, 9.17) is 9.47 Å². The number of rotatable bonds is 3. The van der Waals surface area contributed by atoms with Crippen molar-refractivity contribution in [1.82, 2.24) is 4.90 Å². The maximum atomic E-state index is 11.4. The molecular weight excluding hydrogens is 252 g/mol. The third-order valence-electron chi connectivity index (χ3n) is 3.84. The van der Waals surface area contributed by atoms with Gasteiger partial charge in [-0.15, -0.1) is 0 Å². The number of hydrogen-bond acceptors (Lipinski definition) is 6. The highest BCUT2D eigenvalue weighted by molar-refractivity contribution is 5.66. The summed E-state index contributed by atoms with van der Waals surface area (Å²) in [5, 5.41) is 11.4. The van der Waals surface area contributed by atoms with Crippen molar-refractivity contribution in [2.24, 2.45) is 0 Å². The lowest BCUT2D eigenvalue weighted by molar-refractivity contribution is -0.545. The second-order valence-electron chi connectivity index (χ2n) is 5.07. The highest BCUT2D eigenvalue weighted by Crippen LogP contribution is 2.28. The second kappa shape index (κ2) is 6.29. The molecule has 1 aliphatic carbocycles. The van der Waals surface area contributed by atoms with E-state index in [9.17, 15) is 14.9 Å². The molecule has 0 amide bonds. The molecule has 3 atom stereocenters. The largest absolute Gasteiger partial charge is 0.455 e. The molecule has 2 fully saturated rings. The summed E-state index contributed by atoms with van der Waals surface area (Å²) in [5.74, 6) is -0.445. The number of ether oxygens (including phenoxy) is 2. The number of hydrogen-bond donors (Lipinski definition) is 0. The Morgan fingerprint density at radius 1 is 1.37 bits per heavy atom. The van der Waals surface area contributed by atoms with Crippen LogP contribution in [-0.2, 0) is 14.3 Å². The first kappa shape index (κ1) is 14.2. The first-order valence-corrected chi connectivity index (χ1v) is 6.72. The Bertz CT molecular complexity index is 343. The van der Waals surface area contributed by atoms with Crippen LogP contribution in [0, 0.1) is 10.1 Å². The van der Waals surface area contributed by atoms with Crippen molar-refractivity contribution in [3.05, 3.63) is 10.1 Å². The van der Waals surface area contributed by atoms with Crippen LogP contribution in [0.2, 0.25) is 0 Å². The molecule has 2 rings (SSSR count). The normalized spacial score (nSPS) is 32.8. The number of nitro groups is 1. The molecule has 19 heavy (non-hydrogen) atoms. The maximum absolute atomic E-state index is 11.4. The Balaban J connectivity index is 2.10. The van der Waals surface area contributed by atoms with E-state index in [2.05, 4.69) is 4.90 Å². The number of morpholine rings is 1. The Morgan fingerprint density at radius 2 is 2.05 bits per heavy atom. The lowest BCUT2D eigenvalue weighted by atomic mass is 9.86. The average molecular weight is 272 g/mol. The van der Waals surface area contributed by atoms with E-state index in [1.165, 1.54) is 6.92 Å². The number of esters is 1. The SMILES string of the molecule is CC(=O)OC1CCCC(N2CCOCC2)C1[N+](=O)[O-]. The van der Waals surface area contributed by atoms with Crippen LogP contribution in [0.1, 0.15) is 26.2 Å². The molecule has 0 radical (unpaired) electrons. The smallest absolute Gasteiger partial charge is 0.303 e. The van der Waals surface area contributed by atoms with E-state index < -0.39 is 18.1 Å². The monoisotopic (exact) mass is 272 g/mol. The molecule has 0 aromatic carbocycles. The van der Waals surface area contributed by atoms with Crippen LogP contribution >= 0.6 is 0 Å². The lowest BCUT2D eigenvalue weighted by Gasteiger charge is -2.40. The van der Waals surface area contributed by atoms with Crippen LogP contribution in [0.5, 0.6) is 0 Å². The first-order chi connectivity index (χ1) is 9.09. The maximum Gasteiger partial charge on any atom is 0.303 e. The number of carbonyl (C=O) groups is 1. The number of nitrogens with zero attached hydrogens (tertiary/aromatic N) is 2. The van der Waals surface area contributed by atoms with Crippen LogP contribution in [0.3, 0.4) is 0 Å². The molecule has 0 spiro atoms. The summed E-state index contributed by atoms with van der Waals surface area (Å²) in [6.45, 7) is 3.94. The van der Waals surface area contributed by atoms with Gasteiger partial charge in [0.1, 0.15) is 0 Å². The molecule has 1 saturated heterocycles. The lowest BCUT2D eigenvalue weighted by Crippen LogP contribution is -2.58. The van der Waals surface area contributed by atoms with E-state index in [1.54, 1.807) is 0 Å². The van der Waals surface area contributed by atoms with Gasteiger partial charge in [0, 0.05) is 24.9 Å². The number of carbonyl (C=O) groups excluding carboxylic acids is 1. The zero-order chi connectivity index (χ0) is 13.8. The van der Waals surface area contributed by atoms with Gasteiger partial charge in [-0.25, -0.2) is 0 Å². The van der Waals surface area contributed by atoms with Gasteiger partial charge in [-0.3, -0.25) is 19.8 Å². The predicted molar refractivity (Wildman–Crippen MR) is 66.4 cm³/mol. The summed E-state index contributed by atoms with van der Waals surface area (Å²) < 4.78 is 10.4. The minimum atomic E-state index is -0.823. The summed E-state index contributed by atoms with van der Waals surface area (Å²) in [6, 6.07) is -0.979. The van der Waals surface area contributed by atoms with Crippen LogP contribution in [0.4, 0.5) is 0 Å². The van der Waals surface area contributed by atoms with Crippen LogP contribution < -0.4 is 0 Å². The zero-order valence-electron chi connectivity index (χ0n) is 11.1. The van der Waals surface area contributed by atoms with Crippen LogP contribution in [0.25, 0.3) is 0 Å². The zero-order valence-corrected chi connectivity index (χ0v) is 11.1. The molecular formula is C12H20N2O5. The van der Waals surface area contributed by atoms with Gasteiger partial charge in [0.15, 0.2) is 6.10 Å². The Morgan fingerprint density at radius 3 is 2.63 bits per heavy atom. The fraction of sp³-hybridized carbons (Fsp3) is 0.917. The van der Waals surface area contributed by atoms with Crippen molar-refractivity contribution in [2.75, 3.05) is 26.3 Å². The second-order valence-corrected chi connectivity index (χ2v) is 5.07. The van der Waals surface area contributed by atoms with Crippen molar-refractivity contribution < 1.29 is 19.2 Å². The van der Waals surface area contributed by atoms with Crippen LogP contribution in [0.15, 0.2) is 0 Å². The topological polar surface area (TPSA) is 81.9 Å². The molecule has 2 aliphatic rings. The summed E-state index contributed by atoms with van der Waals surface area (Å²) in [4.78, 5) is 24.3. The van der Waals surface area contributed by atoms with Crippen molar-refractivity contribution >= 4 is 5.97 Å². The van der Waals surface area contributed by atoms with Gasteiger partial charge in [-0.1, -0.05) is 0 Å². The summed E-state index contributed by atoms with van der Waals surface area (Å²) in [7, 11) is 0. The molecule has 0 aromatic rings. The highest BCUT2D eigenvalue weighted by Gasteiger charge is 2.46. The van der Waals surface area contributed by atoms with Crippen molar-refractivity contribution in [2.45, 2.75) is 44.4 Å². The van der Waals surface area contributed by atoms with Gasteiger partial charge in [0.25, 0.3) is 6.04 Å². The van der Waals surface area contributed by atoms with Gasteiger partial charge in [0.05, 0.1) is 19.3 Å². The van der Waals surface area contributed by atoms with Crippen molar-refractivity contribution in [1.29, 1.82) is 0 Å². The molecule has 1 heterocycles. The third kappa shape index (κ3) is 3.42. The molecule has 7 heteroatoms. The standard InChI is InChI=1S/C12H20N2O5/c1-9(15)19-11-4-2-3-10(12(11)14(16)17)13-5-7-18-8-6-13/h10-12H,2-8H2,1H3. The molecule has 1 aliphatic heterocycles. The fourth-order valence-corrected chi connectivity index (χ4v) is 3.04.